The van der Waals surface area contributed by atoms with Crippen LogP contribution in [0, 0.1) is 17.5 Å². The van der Waals surface area contributed by atoms with Crippen LogP contribution in [-0.4, -0.2) is 5.11 Å². The van der Waals surface area contributed by atoms with Crippen LogP contribution in [0.25, 0.3) is 10.8 Å². The Morgan fingerprint density at radius 1 is 0.947 bits per heavy atom. The van der Waals surface area contributed by atoms with Crippen LogP contribution in [0.4, 0.5) is 13.2 Å². The molecule has 2 rings (SSSR count). The molecular formula is C15H17F3O. The van der Waals surface area contributed by atoms with Gasteiger partial charge in [0.25, 0.3) is 0 Å². The molecule has 1 nitrogen and oxygen atoms in total. The van der Waals surface area contributed by atoms with Gasteiger partial charge in [0.1, 0.15) is 5.75 Å². The summed E-state index contributed by atoms with van der Waals surface area (Å²) in [5.74, 6) is -4.14. The molecular weight excluding hydrogens is 253 g/mol. The molecule has 0 saturated carbocycles. The van der Waals surface area contributed by atoms with E-state index >= 15 is 0 Å². The largest absolute Gasteiger partial charge is 0.508 e. The summed E-state index contributed by atoms with van der Waals surface area (Å²) in [5.41, 5.74) is 0.455. The molecule has 0 heterocycles. The Hall–Kier alpha value is -1.71. The maximum Gasteiger partial charge on any atom is 0.195 e. The minimum absolute atomic E-state index is 0.0247. The zero-order valence-electron chi connectivity index (χ0n) is 11.4. The molecule has 0 aliphatic rings. The highest BCUT2D eigenvalue weighted by atomic mass is 19.2. The molecule has 0 radical (unpaired) electrons. The lowest BCUT2D eigenvalue weighted by Gasteiger charge is -2.12. The molecule has 0 aromatic heterocycles. The third-order valence-corrected chi connectivity index (χ3v) is 2.71. The first-order valence-corrected chi connectivity index (χ1v) is 6.22. The Kier molecular flexibility index (Phi) is 4.81. The summed E-state index contributed by atoms with van der Waals surface area (Å²) < 4.78 is 40.0. The lowest BCUT2D eigenvalue weighted by molar-refractivity contribution is 0.452. The van der Waals surface area contributed by atoms with E-state index in [1.165, 1.54) is 12.1 Å². The summed E-state index contributed by atoms with van der Waals surface area (Å²) in [7, 11) is 0. The van der Waals surface area contributed by atoms with Gasteiger partial charge in [-0.25, -0.2) is 13.2 Å². The molecule has 2 aromatic carbocycles. The van der Waals surface area contributed by atoms with Gasteiger partial charge in [-0.05, 0) is 35.1 Å². The molecule has 1 N–H and O–H groups in total. The van der Waals surface area contributed by atoms with Crippen molar-refractivity contribution in [2.24, 2.45) is 0 Å². The smallest absolute Gasteiger partial charge is 0.195 e. The Morgan fingerprint density at radius 2 is 1.53 bits per heavy atom. The maximum atomic E-state index is 13.7. The number of rotatable bonds is 1. The molecule has 4 heteroatoms. The summed E-state index contributed by atoms with van der Waals surface area (Å²) >= 11 is 0. The average Bonchev–Trinajstić information content (AvgIpc) is 2.37. The number of hydrogen-bond donors (Lipinski definition) is 1. The fraction of sp³-hybridized carbons (Fsp3) is 0.333. The van der Waals surface area contributed by atoms with E-state index in [1.807, 2.05) is 13.8 Å². The molecule has 0 aliphatic heterocycles. The summed E-state index contributed by atoms with van der Waals surface area (Å²) in [5, 5.41) is 9.65. The second-order valence-electron chi connectivity index (χ2n) is 4.27. The molecule has 0 atom stereocenters. The standard InChI is InChI=1S/C13H11F3O.C2H6/c1-6(2)9-5-8(17)3-7-4-10(14)12(15)13(16)11(7)9;1-2/h3-6,17H,1-2H3;1-2H3. The summed E-state index contributed by atoms with van der Waals surface area (Å²) in [4.78, 5) is 0. The number of benzene rings is 2. The van der Waals surface area contributed by atoms with E-state index in [-0.39, 0.29) is 22.4 Å². The molecule has 0 saturated heterocycles. The normalized spacial score (nSPS) is 10.5. The molecule has 0 amide bonds. The van der Waals surface area contributed by atoms with Crippen LogP contribution >= 0.6 is 0 Å². The molecule has 0 unspecified atom stereocenters. The molecule has 19 heavy (non-hydrogen) atoms. The third kappa shape index (κ3) is 2.83. The maximum absolute atomic E-state index is 13.7. The van der Waals surface area contributed by atoms with E-state index in [1.54, 1.807) is 13.8 Å². The predicted molar refractivity (Wildman–Crippen MR) is 70.9 cm³/mol. The van der Waals surface area contributed by atoms with Gasteiger partial charge >= 0.3 is 0 Å². The zero-order chi connectivity index (χ0) is 14.7. The lowest BCUT2D eigenvalue weighted by Crippen LogP contribution is -1.97. The van der Waals surface area contributed by atoms with Crippen LogP contribution in [0.2, 0.25) is 0 Å². The third-order valence-electron chi connectivity index (χ3n) is 2.71. The van der Waals surface area contributed by atoms with Crippen LogP contribution in [0.5, 0.6) is 5.75 Å². The number of halogens is 3. The van der Waals surface area contributed by atoms with E-state index in [2.05, 4.69) is 0 Å². The van der Waals surface area contributed by atoms with Gasteiger partial charge in [0.05, 0.1) is 0 Å². The van der Waals surface area contributed by atoms with Crippen molar-refractivity contribution in [2.45, 2.75) is 33.6 Å². The first-order valence-electron chi connectivity index (χ1n) is 6.22. The van der Waals surface area contributed by atoms with Crippen molar-refractivity contribution in [2.75, 3.05) is 0 Å². The zero-order valence-corrected chi connectivity index (χ0v) is 11.4. The average molecular weight is 270 g/mol. The first-order chi connectivity index (χ1) is 8.91. The van der Waals surface area contributed by atoms with Gasteiger partial charge < -0.3 is 5.11 Å². The van der Waals surface area contributed by atoms with E-state index < -0.39 is 17.5 Å². The van der Waals surface area contributed by atoms with Crippen molar-refractivity contribution in [3.8, 4) is 5.75 Å². The Balaban J connectivity index is 0.000000861. The second kappa shape index (κ2) is 5.95. The van der Waals surface area contributed by atoms with Gasteiger partial charge in [-0.3, -0.25) is 0 Å². The highest BCUT2D eigenvalue weighted by Crippen LogP contribution is 2.33. The van der Waals surface area contributed by atoms with E-state index in [4.69, 9.17) is 0 Å². The Morgan fingerprint density at radius 3 is 2.05 bits per heavy atom. The predicted octanol–water partition coefficient (Wildman–Crippen LogP) is 5.11. The minimum Gasteiger partial charge on any atom is -0.508 e. The number of phenolic OH excluding ortho intramolecular Hbond substituents is 1. The van der Waals surface area contributed by atoms with Gasteiger partial charge in [0, 0.05) is 5.39 Å². The molecule has 104 valence electrons. The van der Waals surface area contributed by atoms with Crippen LogP contribution in [0.3, 0.4) is 0 Å². The Bertz CT molecular complexity index is 592. The van der Waals surface area contributed by atoms with E-state index in [0.29, 0.717) is 5.56 Å². The minimum atomic E-state index is -1.48. The van der Waals surface area contributed by atoms with Crippen LogP contribution in [-0.2, 0) is 0 Å². The van der Waals surface area contributed by atoms with Crippen molar-refractivity contribution in [3.63, 3.8) is 0 Å². The lowest BCUT2D eigenvalue weighted by atomic mass is 9.95. The van der Waals surface area contributed by atoms with Gasteiger partial charge in [0.15, 0.2) is 17.5 Å². The summed E-state index contributed by atoms with van der Waals surface area (Å²) in [6, 6.07) is 3.47. The van der Waals surface area contributed by atoms with Gasteiger partial charge in [-0.15, -0.1) is 0 Å². The van der Waals surface area contributed by atoms with Crippen molar-refractivity contribution in [3.05, 3.63) is 41.2 Å². The van der Waals surface area contributed by atoms with E-state index in [9.17, 15) is 18.3 Å². The summed E-state index contributed by atoms with van der Waals surface area (Å²) in [6.07, 6.45) is 0. The monoisotopic (exact) mass is 270 g/mol. The highest BCUT2D eigenvalue weighted by molar-refractivity contribution is 5.88. The molecule has 0 aliphatic carbocycles. The number of fused-ring (bicyclic) bond motifs is 1. The SMILES string of the molecule is CC.CC(C)c1cc(O)cc2cc(F)c(F)c(F)c12. The van der Waals surface area contributed by atoms with Crippen molar-refractivity contribution in [1.82, 2.24) is 0 Å². The second-order valence-corrected chi connectivity index (χ2v) is 4.27. The van der Waals surface area contributed by atoms with Gasteiger partial charge in [-0.1, -0.05) is 27.7 Å². The van der Waals surface area contributed by atoms with Crippen LogP contribution in [0.1, 0.15) is 39.2 Å². The fourth-order valence-electron chi connectivity index (χ4n) is 1.91. The highest BCUT2D eigenvalue weighted by Gasteiger charge is 2.18. The molecule has 0 bridgehead atoms. The van der Waals surface area contributed by atoms with Crippen LogP contribution < -0.4 is 0 Å². The van der Waals surface area contributed by atoms with Crippen LogP contribution in [0.15, 0.2) is 18.2 Å². The van der Waals surface area contributed by atoms with Gasteiger partial charge in [0.2, 0.25) is 0 Å². The quantitative estimate of drug-likeness (QED) is 0.714. The van der Waals surface area contributed by atoms with E-state index in [0.717, 1.165) is 6.07 Å². The molecule has 0 fully saturated rings. The number of aromatic hydroxyl groups is 1. The van der Waals surface area contributed by atoms with Crippen molar-refractivity contribution < 1.29 is 18.3 Å². The molecule has 2 aromatic rings. The number of phenols is 1. The number of hydrogen-bond acceptors (Lipinski definition) is 1. The molecule has 0 spiro atoms. The summed E-state index contributed by atoms with van der Waals surface area (Å²) in [6.45, 7) is 7.57. The topological polar surface area (TPSA) is 20.2 Å². The van der Waals surface area contributed by atoms with Gasteiger partial charge in [-0.2, -0.15) is 0 Å². The van der Waals surface area contributed by atoms with Crippen molar-refractivity contribution in [1.29, 1.82) is 0 Å². The fourth-order valence-corrected chi connectivity index (χ4v) is 1.91. The van der Waals surface area contributed by atoms with Crippen molar-refractivity contribution >= 4 is 10.8 Å². The first kappa shape index (κ1) is 15.3. The Labute approximate surface area is 110 Å².